The Labute approximate surface area is 117 Å². The van der Waals surface area contributed by atoms with Crippen LogP contribution in [0.4, 0.5) is 10.2 Å². The van der Waals surface area contributed by atoms with Gasteiger partial charge in [0.25, 0.3) is 0 Å². The van der Waals surface area contributed by atoms with Crippen LogP contribution in [0.3, 0.4) is 0 Å². The second-order valence-electron chi connectivity index (χ2n) is 4.51. The number of nitrogens with two attached hydrogens (primary N) is 1. The summed E-state index contributed by atoms with van der Waals surface area (Å²) in [5, 5.41) is 22.6. The quantitative estimate of drug-likeness (QED) is 0.378. The van der Waals surface area contributed by atoms with Crippen molar-refractivity contribution in [3.63, 3.8) is 0 Å². The van der Waals surface area contributed by atoms with Gasteiger partial charge in [0.15, 0.2) is 5.72 Å². The van der Waals surface area contributed by atoms with Crippen LogP contribution in [0.1, 0.15) is 6.23 Å². The van der Waals surface area contributed by atoms with E-state index in [0.717, 1.165) is 4.57 Å². The molecule has 4 atom stereocenters. The monoisotopic (exact) mass is 300 g/mol. The molecular formula is C10H13FN6O4. The van der Waals surface area contributed by atoms with Gasteiger partial charge >= 0.3 is 5.69 Å². The van der Waals surface area contributed by atoms with Crippen molar-refractivity contribution in [1.29, 1.82) is 0 Å². The van der Waals surface area contributed by atoms with Crippen LogP contribution in [-0.4, -0.2) is 44.9 Å². The molecule has 0 unspecified atom stereocenters. The van der Waals surface area contributed by atoms with Gasteiger partial charge in [-0.25, -0.2) is 4.79 Å². The van der Waals surface area contributed by atoms with Crippen LogP contribution in [0.15, 0.2) is 22.2 Å². The van der Waals surface area contributed by atoms with E-state index in [-0.39, 0.29) is 5.82 Å². The largest absolute Gasteiger partial charge is 0.393 e. The molecule has 0 aliphatic carbocycles. The zero-order chi connectivity index (χ0) is 15.6. The number of aromatic nitrogens is 2. The number of hydrogen-bond donors (Lipinski definition) is 3. The summed E-state index contributed by atoms with van der Waals surface area (Å²) in [6, 6.07) is 1.29. The van der Waals surface area contributed by atoms with Crippen LogP contribution in [-0.2, 0) is 4.74 Å². The minimum Gasteiger partial charge on any atom is -0.393 e. The Hall–Kier alpha value is -2.20. The van der Waals surface area contributed by atoms with Crippen molar-refractivity contribution in [1.82, 2.24) is 9.55 Å². The van der Waals surface area contributed by atoms with Crippen molar-refractivity contribution in [2.75, 3.05) is 19.0 Å². The first kappa shape index (κ1) is 15.2. The highest BCUT2D eigenvalue weighted by molar-refractivity contribution is 5.23. The molecule has 2 heterocycles. The van der Waals surface area contributed by atoms with E-state index in [0.29, 0.717) is 0 Å². The summed E-state index contributed by atoms with van der Waals surface area (Å²) in [4.78, 5) is 17.7. The maximum Gasteiger partial charge on any atom is 0.351 e. The van der Waals surface area contributed by atoms with Crippen LogP contribution < -0.4 is 11.4 Å². The zero-order valence-corrected chi connectivity index (χ0v) is 10.7. The molecule has 1 aromatic heterocycles. The summed E-state index contributed by atoms with van der Waals surface area (Å²) in [6.45, 7) is -1.94. The first-order chi connectivity index (χ1) is 9.99. The van der Waals surface area contributed by atoms with E-state index in [1.807, 2.05) is 0 Å². The topological polar surface area (TPSA) is 159 Å². The maximum absolute atomic E-state index is 13.2. The van der Waals surface area contributed by atoms with Gasteiger partial charge in [-0.05, 0) is 11.6 Å². The summed E-state index contributed by atoms with van der Waals surface area (Å²) in [7, 11) is 0. The number of anilines is 1. The van der Waals surface area contributed by atoms with Gasteiger partial charge in [-0.1, -0.05) is 5.11 Å². The molecule has 0 spiro atoms. The molecule has 0 aromatic carbocycles. The smallest absolute Gasteiger partial charge is 0.351 e. The molecule has 0 bridgehead atoms. The van der Waals surface area contributed by atoms with Crippen molar-refractivity contribution < 1.29 is 19.3 Å². The maximum atomic E-state index is 13.2. The highest BCUT2D eigenvalue weighted by Crippen LogP contribution is 2.42. The predicted octanol–water partition coefficient (Wildman–Crippen LogP) is -0.700. The lowest BCUT2D eigenvalue weighted by Crippen LogP contribution is -2.43. The Balaban J connectivity index is 2.49. The molecule has 11 heteroatoms. The highest BCUT2D eigenvalue weighted by Gasteiger charge is 2.55. The van der Waals surface area contributed by atoms with Crippen molar-refractivity contribution in [2.24, 2.45) is 11.0 Å². The molecule has 10 nitrogen and oxygen atoms in total. The van der Waals surface area contributed by atoms with Crippen molar-refractivity contribution in [3.05, 3.63) is 33.2 Å². The van der Waals surface area contributed by atoms with Gasteiger partial charge in [-0.3, -0.25) is 8.96 Å². The molecule has 2 rings (SSSR count). The molecule has 4 N–H and O–H groups in total. The summed E-state index contributed by atoms with van der Waals surface area (Å²) >= 11 is 0. The standard InChI is InChI=1S/C10H13FN6O4/c11-3-5-7(19)10(4-18,15-16-13)21-8(5)17-2-1-6(12)14-9(17)20/h1-2,5,7-8,18-19H,3-4H2,(H2,12,14,20)/t5-,7-,8+,10+/m0/s1. The number of rotatable bonds is 4. The van der Waals surface area contributed by atoms with Crippen LogP contribution >= 0.6 is 0 Å². The molecule has 0 saturated carbocycles. The molecule has 1 saturated heterocycles. The summed E-state index contributed by atoms with van der Waals surface area (Å²) in [6.07, 6.45) is -1.70. The van der Waals surface area contributed by atoms with Crippen molar-refractivity contribution in [2.45, 2.75) is 18.1 Å². The lowest BCUT2D eigenvalue weighted by atomic mass is 9.97. The Morgan fingerprint density at radius 2 is 2.43 bits per heavy atom. The average molecular weight is 300 g/mol. The second kappa shape index (κ2) is 5.66. The second-order valence-corrected chi connectivity index (χ2v) is 4.51. The number of ether oxygens (including phenoxy) is 1. The summed E-state index contributed by atoms with van der Waals surface area (Å²) < 4.78 is 19.4. The van der Waals surface area contributed by atoms with Crippen LogP contribution in [0.2, 0.25) is 0 Å². The minimum atomic E-state index is -2.06. The SMILES string of the molecule is [N-]=[N+]=N[C@]1(CO)O[C@@H](n2ccc(N)nc2=O)[C@@H](CF)[C@@H]1O. The fourth-order valence-corrected chi connectivity index (χ4v) is 2.22. The van der Waals surface area contributed by atoms with Gasteiger partial charge in [-0.2, -0.15) is 4.98 Å². The molecular weight excluding hydrogens is 287 g/mol. The predicted molar refractivity (Wildman–Crippen MR) is 67.5 cm³/mol. The van der Waals surface area contributed by atoms with Gasteiger partial charge in [-0.15, -0.1) is 0 Å². The number of alkyl halides is 1. The van der Waals surface area contributed by atoms with Crippen molar-refractivity contribution in [3.8, 4) is 0 Å². The van der Waals surface area contributed by atoms with Gasteiger partial charge in [0, 0.05) is 11.1 Å². The number of hydrogen-bond acceptors (Lipinski definition) is 7. The lowest BCUT2D eigenvalue weighted by Gasteiger charge is -2.24. The average Bonchev–Trinajstić information content (AvgIpc) is 2.72. The lowest BCUT2D eigenvalue weighted by molar-refractivity contribution is -0.124. The highest BCUT2D eigenvalue weighted by atomic mass is 19.1. The van der Waals surface area contributed by atoms with E-state index in [1.165, 1.54) is 12.3 Å². The van der Waals surface area contributed by atoms with Gasteiger partial charge < -0.3 is 20.7 Å². The van der Waals surface area contributed by atoms with Crippen LogP contribution in [0.25, 0.3) is 10.4 Å². The van der Waals surface area contributed by atoms with Crippen molar-refractivity contribution >= 4 is 5.82 Å². The fourth-order valence-electron chi connectivity index (χ4n) is 2.22. The molecule has 21 heavy (non-hydrogen) atoms. The molecule has 0 amide bonds. The molecule has 1 aliphatic heterocycles. The van der Waals surface area contributed by atoms with E-state index >= 15 is 0 Å². The van der Waals surface area contributed by atoms with Crippen LogP contribution in [0, 0.1) is 5.92 Å². The number of halogens is 1. The Morgan fingerprint density at radius 1 is 1.71 bits per heavy atom. The van der Waals surface area contributed by atoms with E-state index in [9.17, 15) is 19.4 Å². The number of aliphatic hydroxyl groups excluding tert-OH is 2. The first-order valence-electron chi connectivity index (χ1n) is 5.92. The van der Waals surface area contributed by atoms with E-state index < -0.39 is 42.9 Å². The summed E-state index contributed by atoms with van der Waals surface area (Å²) in [5.74, 6) is -1.25. The third kappa shape index (κ3) is 2.43. The molecule has 114 valence electrons. The third-order valence-electron chi connectivity index (χ3n) is 3.30. The van der Waals surface area contributed by atoms with Crippen LogP contribution in [0.5, 0.6) is 0 Å². The third-order valence-corrected chi connectivity index (χ3v) is 3.30. The van der Waals surface area contributed by atoms with E-state index in [2.05, 4.69) is 15.0 Å². The molecule has 1 aromatic rings. The van der Waals surface area contributed by atoms with Gasteiger partial charge in [0.1, 0.15) is 18.1 Å². The normalized spacial score (nSPS) is 31.9. The first-order valence-corrected chi connectivity index (χ1v) is 5.92. The van der Waals surface area contributed by atoms with E-state index in [4.69, 9.17) is 16.0 Å². The van der Waals surface area contributed by atoms with Gasteiger partial charge in [0.2, 0.25) is 0 Å². The van der Waals surface area contributed by atoms with Gasteiger partial charge in [0.05, 0.1) is 19.2 Å². The Kier molecular flexibility index (Phi) is 4.09. The fraction of sp³-hybridized carbons (Fsp3) is 0.600. The number of nitrogen functional groups attached to an aromatic ring is 1. The summed E-state index contributed by atoms with van der Waals surface area (Å²) in [5.41, 5.74) is 11.0. The molecule has 1 aliphatic rings. The zero-order valence-electron chi connectivity index (χ0n) is 10.7. The molecule has 0 radical (unpaired) electrons. The Morgan fingerprint density at radius 3 is 2.95 bits per heavy atom. The number of nitrogens with zero attached hydrogens (tertiary/aromatic N) is 5. The molecule has 1 fully saturated rings. The minimum absolute atomic E-state index is 0.0324. The number of aliphatic hydroxyl groups is 2. The van der Waals surface area contributed by atoms with E-state index in [1.54, 1.807) is 0 Å². The Bertz CT molecular complexity index is 632. The number of azide groups is 1.